The van der Waals surface area contributed by atoms with Crippen LogP contribution in [0.25, 0.3) is 0 Å². The number of amides is 2. The van der Waals surface area contributed by atoms with Crippen LogP contribution in [-0.2, 0) is 9.53 Å². The minimum absolute atomic E-state index is 0.00110. The van der Waals surface area contributed by atoms with Crippen LogP contribution in [0, 0.1) is 5.82 Å². The van der Waals surface area contributed by atoms with Gasteiger partial charge in [0, 0.05) is 23.6 Å². The molecule has 8 N–H and O–H groups in total. The number of nitrogens with two attached hydrogens (primary N) is 1. The van der Waals surface area contributed by atoms with Crippen molar-refractivity contribution in [1.82, 2.24) is 10.2 Å². The molecule has 1 heterocycles. The molecule has 15 heteroatoms. The molecule has 0 aliphatic carbocycles. The number of ether oxygens (including phenoxy) is 1. The van der Waals surface area contributed by atoms with E-state index in [4.69, 9.17) is 28.9 Å². The van der Waals surface area contributed by atoms with E-state index in [1.807, 2.05) is 0 Å². The fraction of sp³-hybridized carbons (Fsp3) is 0.348. The SMILES string of the molecule is CC(CC(=O)N1CCOC1=O)NC(c1ccc(Cl)c(C(=O)c2ccc(N)c(Cl)c2)c1F)C(O)(O)C(O)(O)O. The van der Waals surface area contributed by atoms with Crippen molar-refractivity contribution in [1.29, 1.82) is 0 Å². The molecule has 1 saturated heterocycles. The molecule has 2 aromatic rings. The number of hydrogen-bond donors (Lipinski definition) is 7. The smallest absolute Gasteiger partial charge is 0.416 e. The third-order valence-electron chi connectivity index (χ3n) is 5.81. The molecular formula is C23H24Cl2FN3O9. The van der Waals surface area contributed by atoms with Crippen LogP contribution >= 0.6 is 23.2 Å². The number of nitrogens with zero attached hydrogens (tertiary/aromatic N) is 1. The Balaban J connectivity index is 2.03. The molecule has 0 bridgehead atoms. The first-order chi connectivity index (χ1) is 17.6. The number of aliphatic hydroxyl groups is 5. The molecule has 0 aromatic heterocycles. The van der Waals surface area contributed by atoms with Gasteiger partial charge in [0.15, 0.2) is 5.78 Å². The van der Waals surface area contributed by atoms with Crippen LogP contribution in [0.4, 0.5) is 14.9 Å². The van der Waals surface area contributed by atoms with Crippen molar-refractivity contribution in [2.75, 3.05) is 18.9 Å². The number of imide groups is 1. The zero-order valence-corrected chi connectivity index (χ0v) is 21.2. The lowest BCUT2D eigenvalue weighted by Gasteiger charge is -2.39. The Morgan fingerprint density at radius 3 is 2.37 bits per heavy atom. The first kappa shape index (κ1) is 29.7. The number of benzene rings is 2. The molecule has 206 valence electrons. The fourth-order valence-electron chi connectivity index (χ4n) is 3.76. The summed E-state index contributed by atoms with van der Waals surface area (Å²) in [6.45, 7) is 1.29. The minimum atomic E-state index is -4.21. The summed E-state index contributed by atoms with van der Waals surface area (Å²) in [6, 6.07) is 2.29. The number of cyclic esters (lactones) is 1. The number of nitrogens with one attached hydrogen (secondary N) is 1. The second kappa shape index (κ2) is 11.1. The van der Waals surface area contributed by atoms with E-state index in [0.29, 0.717) is 0 Å². The van der Waals surface area contributed by atoms with Gasteiger partial charge in [0.2, 0.25) is 5.91 Å². The molecule has 38 heavy (non-hydrogen) atoms. The molecule has 2 aromatic carbocycles. The Hall–Kier alpha value is -2.88. The highest BCUT2D eigenvalue weighted by Crippen LogP contribution is 2.36. The highest BCUT2D eigenvalue weighted by molar-refractivity contribution is 6.36. The molecule has 12 nitrogen and oxygen atoms in total. The monoisotopic (exact) mass is 575 g/mol. The maximum atomic E-state index is 15.8. The van der Waals surface area contributed by atoms with E-state index in [1.54, 1.807) is 0 Å². The van der Waals surface area contributed by atoms with Crippen molar-refractivity contribution in [2.24, 2.45) is 0 Å². The van der Waals surface area contributed by atoms with Gasteiger partial charge in [0.05, 0.1) is 33.9 Å². The summed E-state index contributed by atoms with van der Waals surface area (Å²) < 4.78 is 20.5. The number of rotatable bonds is 9. The van der Waals surface area contributed by atoms with Gasteiger partial charge in [-0.2, -0.15) is 0 Å². The maximum Gasteiger partial charge on any atom is 0.416 e. The Morgan fingerprint density at radius 1 is 1.16 bits per heavy atom. The van der Waals surface area contributed by atoms with Gasteiger partial charge in [0.25, 0.3) is 5.79 Å². The van der Waals surface area contributed by atoms with E-state index in [1.165, 1.54) is 19.1 Å². The van der Waals surface area contributed by atoms with Crippen molar-refractivity contribution in [3.63, 3.8) is 0 Å². The summed E-state index contributed by atoms with van der Waals surface area (Å²) in [5.41, 5.74) is 4.18. The Kier molecular flexibility index (Phi) is 8.65. The molecule has 3 rings (SSSR count). The average molecular weight is 576 g/mol. The quantitative estimate of drug-likeness (QED) is 0.125. The van der Waals surface area contributed by atoms with E-state index < -0.39 is 65.0 Å². The van der Waals surface area contributed by atoms with E-state index in [2.05, 4.69) is 10.1 Å². The van der Waals surface area contributed by atoms with E-state index in [-0.39, 0.29) is 34.4 Å². The topological polar surface area (TPSA) is 203 Å². The first-order valence-electron chi connectivity index (χ1n) is 11.0. The second-order valence-electron chi connectivity index (χ2n) is 8.62. The summed E-state index contributed by atoms with van der Waals surface area (Å²) >= 11 is 12.0. The standard InChI is InChI=1S/C23H24Cl2FN3O9/c1-10(8-16(30)29-6-7-38-21(29)32)28-20(22(33,34)23(35,36)37)12-3-4-13(24)17(18(12)26)19(31)11-2-5-15(27)14(25)9-11/h2-5,9-10,20,28,33-37H,6-8,27H2,1H3. The number of hydrogen-bond acceptors (Lipinski definition) is 11. The zero-order chi connectivity index (χ0) is 28.6. The van der Waals surface area contributed by atoms with Gasteiger partial charge in [-0.05, 0) is 31.2 Å². The van der Waals surface area contributed by atoms with Gasteiger partial charge in [0.1, 0.15) is 12.4 Å². The van der Waals surface area contributed by atoms with Gasteiger partial charge in [-0.1, -0.05) is 29.3 Å². The van der Waals surface area contributed by atoms with Crippen molar-refractivity contribution < 1.29 is 49.0 Å². The molecule has 2 atom stereocenters. The molecule has 2 amide bonds. The number of carbonyl (C=O) groups excluding carboxylic acids is 3. The van der Waals surface area contributed by atoms with Gasteiger partial charge >= 0.3 is 12.1 Å². The van der Waals surface area contributed by atoms with Gasteiger partial charge in [-0.15, -0.1) is 0 Å². The van der Waals surface area contributed by atoms with Crippen LogP contribution in [0.5, 0.6) is 0 Å². The lowest BCUT2D eigenvalue weighted by Crippen LogP contribution is -2.62. The van der Waals surface area contributed by atoms with Crippen LogP contribution in [0.2, 0.25) is 10.0 Å². The predicted molar refractivity (Wildman–Crippen MR) is 130 cm³/mol. The van der Waals surface area contributed by atoms with Gasteiger partial charge in [-0.25, -0.2) is 14.1 Å². The van der Waals surface area contributed by atoms with Crippen LogP contribution in [0.1, 0.15) is 40.9 Å². The van der Waals surface area contributed by atoms with Crippen molar-refractivity contribution >= 4 is 46.7 Å². The fourth-order valence-corrected chi connectivity index (χ4v) is 4.18. The summed E-state index contributed by atoms with van der Waals surface area (Å²) in [7, 11) is 0. The summed E-state index contributed by atoms with van der Waals surface area (Å²) in [6.07, 6.45) is -1.35. The number of nitrogen functional groups attached to an aromatic ring is 1. The second-order valence-corrected chi connectivity index (χ2v) is 9.43. The van der Waals surface area contributed by atoms with Crippen LogP contribution in [-0.4, -0.2) is 79.2 Å². The van der Waals surface area contributed by atoms with Gasteiger partial charge in [-0.3, -0.25) is 9.59 Å². The molecule has 1 aliphatic rings. The van der Waals surface area contributed by atoms with Crippen LogP contribution in [0.3, 0.4) is 0 Å². The average Bonchev–Trinajstić information content (AvgIpc) is 3.25. The largest absolute Gasteiger partial charge is 0.447 e. The molecular weight excluding hydrogens is 552 g/mol. The molecule has 1 fully saturated rings. The van der Waals surface area contributed by atoms with E-state index >= 15 is 4.39 Å². The molecule has 0 radical (unpaired) electrons. The van der Waals surface area contributed by atoms with Crippen molar-refractivity contribution in [2.45, 2.75) is 37.2 Å². The Bertz CT molecular complexity index is 1270. The number of halogens is 3. The molecule has 1 aliphatic heterocycles. The minimum Gasteiger partial charge on any atom is -0.447 e. The lowest BCUT2D eigenvalue weighted by atomic mass is 9.91. The van der Waals surface area contributed by atoms with Crippen molar-refractivity contribution in [3.8, 4) is 0 Å². The highest BCUT2D eigenvalue weighted by atomic mass is 35.5. The Morgan fingerprint density at radius 2 is 1.82 bits per heavy atom. The third kappa shape index (κ3) is 5.90. The van der Waals surface area contributed by atoms with E-state index in [0.717, 1.165) is 23.1 Å². The Labute approximate surface area is 224 Å². The normalized spacial score (nSPS) is 15.8. The van der Waals surface area contributed by atoms with Crippen molar-refractivity contribution in [3.05, 3.63) is 62.9 Å². The molecule has 2 unspecified atom stereocenters. The summed E-state index contributed by atoms with van der Waals surface area (Å²) in [5.74, 6) is -11.2. The lowest BCUT2D eigenvalue weighted by molar-refractivity contribution is -0.454. The van der Waals surface area contributed by atoms with E-state index in [9.17, 15) is 39.9 Å². The van der Waals surface area contributed by atoms with Crippen LogP contribution in [0.15, 0.2) is 30.3 Å². The van der Waals surface area contributed by atoms with Crippen LogP contribution < -0.4 is 11.1 Å². The van der Waals surface area contributed by atoms with Gasteiger partial charge < -0.3 is 41.3 Å². The number of carbonyl (C=O) groups is 3. The summed E-state index contributed by atoms with van der Waals surface area (Å²) in [5, 5.41) is 51.9. The molecule has 0 spiro atoms. The zero-order valence-electron chi connectivity index (χ0n) is 19.7. The summed E-state index contributed by atoms with van der Waals surface area (Å²) in [4.78, 5) is 38.0. The first-order valence-corrected chi connectivity index (χ1v) is 11.7. The molecule has 0 saturated carbocycles. The maximum absolute atomic E-state index is 15.8. The predicted octanol–water partition coefficient (Wildman–Crippen LogP) is 0.645. The highest BCUT2D eigenvalue weighted by Gasteiger charge is 2.54. The number of anilines is 1. The third-order valence-corrected chi connectivity index (χ3v) is 6.45. The number of ketones is 1.